The van der Waals surface area contributed by atoms with Gasteiger partial charge in [-0.1, -0.05) is 12.1 Å². The number of phenols is 1. The van der Waals surface area contributed by atoms with E-state index >= 15 is 0 Å². The van der Waals surface area contributed by atoms with E-state index in [0.29, 0.717) is 11.5 Å². The zero-order chi connectivity index (χ0) is 13.2. The summed E-state index contributed by atoms with van der Waals surface area (Å²) < 4.78 is 0. The zero-order valence-electron chi connectivity index (χ0n) is 11.8. The van der Waals surface area contributed by atoms with Crippen LogP contribution in [0.15, 0.2) is 18.2 Å². The van der Waals surface area contributed by atoms with Gasteiger partial charge in [-0.15, -0.1) is 24.8 Å². The fraction of sp³-hybridized carbons (Fsp3) is 0.533. The number of halogens is 2. The molecule has 0 aromatic heterocycles. The number of nitriles is 1. The highest BCUT2D eigenvalue weighted by molar-refractivity contribution is 5.85. The molecule has 1 saturated carbocycles. The van der Waals surface area contributed by atoms with Gasteiger partial charge in [0.05, 0.1) is 5.56 Å². The van der Waals surface area contributed by atoms with Crippen LogP contribution in [0.5, 0.6) is 5.75 Å². The predicted octanol–water partition coefficient (Wildman–Crippen LogP) is 2.46. The van der Waals surface area contributed by atoms with Crippen LogP contribution in [0.4, 0.5) is 0 Å². The van der Waals surface area contributed by atoms with Crippen LogP contribution in [0, 0.1) is 17.2 Å². The second kappa shape index (κ2) is 7.86. The Bertz CT molecular complexity index is 508. The summed E-state index contributed by atoms with van der Waals surface area (Å²) in [5, 5.41) is 22.7. The van der Waals surface area contributed by atoms with Gasteiger partial charge in [0.2, 0.25) is 0 Å². The van der Waals surface area contributed by atoms with Gasteiger partial charge in [0, 0.05) is 37.8 Å². The SMILES string of the molecule is Cl.Cl.N#Cc1cccc([C@@H](C2CC2)N2CCNCC2)c1O. The van der Waals surface area contributed by atoms with Crippen molar-refractivity contribution >= 4 is 24.8 Å². The summed E-state index contributed by atoms with van der Waals surface area (Å²) in [6.45, 7) is 4.03. The number of benzene rings is 1. The quantitative estimate of drug-likeness (QED) is 0.894. The molecule has 0 bridgehead atoms. The molecule has 2 fully saturated rings. The number of nitrogens with zero attached hydrogens (tertiary/aromatic N) is 2. The average Bonchev–Trinajstić information content (AvgIpc) is 3.27. The van der Waals surface area contributed by atoms with Crippen molar-refractivity contribution in [1.82, 2.24) is 10.2 Å². The molecule has 2 aliphatic rings. The van der Waals surface area contributed by atoms with Crippen molar-refractivity contribution in [2.24, 2.45) is 5.92 Å². The van der Waals surface area contributed by atoms with E-state index in [1.807, 2.05) is 12.1 Å². The molecule has 21 heavy (non-hydrogen) atoms. The smallest absolute Gasteiger partial charge is 0.138 e. The standard InChI is InChI=1S/C15H19N3O.2ClH/c16-10-12-2-1-3-13(15(12)19)14(11-4-5-11)18-8-6-17-7-9-18;;/h1-3,11,14,17,19H,4-9H2;2*1H/t14-;;/m1../s1. The van der Waals surface area contributed by atoms with Crippen LogP contribution < -0.4 is 5.32 Å². The summed E-state index contributed by atoms with van der Waals surface area (Å²) in [5.74, 6) is 0.818. The molecular weight excluding hydrogens is 309 g/mol. The van der Waals surface area contributed by atoms with Crippen LogP contribution in [-0.2, 0) is 0 Å². The fourth-order valence-electron chi connectivity index (χ4n) is 3.01. The van der Waals surface area contributed by atoms with Crippen molar-refractivity contribution in [3.8, 4) is 11.8 Å². The first-order valence-electron chi connectivity index (χ1n) is 6.98. The Morgan fingerprint density at radius 3 is 2.48 bits per heavy atom. The molecular formula is C15H21Cl2N3O. The first kappa shape index (κ1) is 18.1. The van der Waals surface area contributed by atoms with Crippen molar-refractivity contribution in [2.45, 2.75) is 18.9 Å². The Balaban J connectivity index is 0.00000110. The number of rotatable bonds is 3. The fourth-order valence-corrected chi connectivity index (χ4v) is 3.01. The molecule has 0 amide bonds. The molecule has 2 N–H and O–H groups in total. The van der Waals surface area contributed by atoms with Gasteiger partial charge in [0.15, 0.2) is 0 Å². The van der Waals surface area contributed by atoms with E-state index in [4.69, 9.17) is 5.26 Å². The minimum absolute atomic E-state index is 0. The molecule has 1 heterocycles. The van der Waals surface area contributed by atoms with Crippen LogP contribution in [-0.4, -0.2) is 36.2 Å². The van der Waals surface area contributed by atoms with Crippen molar-refractivity contribution in [1.29, 1.82) is 5.26 Å². The zero-order valence-corrected chi connectivity index (χ0v) is 13.4. The van der Waals surface area contributed by atoms with Crippen LogP contribution in [0.1, 0.15) is 30.0 Å². The van der Waals surface area contributed by atoms with Crippen molar-refractivity contribution in [3.63, 3.8) is 0 Å². The van der Waals surface area contributed by atoms with Gasteiger partial charge in [-0.25, -0.2) is 0 Å². The maximum atomic E-state index is 10.3. The number of aromatic hydroxyl groups is 1. The lowest BCUT2D eigenvalue weighted by Crippen LogP contribution is -2.45. The van der Waals surface area contributed by atoms with E-state index < -0.39 is 0 Å². The van der Waals surface area contributed by atoms with E-state index in [-0.39, 0.29) is 36.6 Å². The van der Waals surface area contributed by atoms with Crippen LogP contribution in [0.3, 0.4) is 0 Å². The third-order valence-corrected chi connectivity index (χ3v) is 4.12. The Labute approximate surface area is 138 Å². The first-order chi connectivity index (χ1) is 9.31. The van der Waals surface area contributed by atoms with Gasteiger partial charge in [-0.2, -0.15) is 5.26 Å². The van der Waals surface area contributed by atoms with Gasteiger partial charge >= 0.3 is 0 Å². The van der Waals surface area contributed by atoms with Crippen LogP contribution >= 0.6 is 24.8 Å². The van der Waals surface area contributed by atoms with E-state index in [2.05, 4.69) is 16.3 Å². The van der Waals surface area contributed by atoms with Crippen molar-refractivity contribution < 1.29 is 5.11 Å². The van der Waals surface area contributed by atoms with Crippen molar-refractivity contribution in [2.75, 3.05) is 26.2 Å². The number of hydrogen-bond donors (Lipinski definition) is 2. The van der Waals surface area contributed by atoms with Gasteiger partial charge < -0.3 is 10.4 Å². The molecule has 4 nitrogen and oxygen atoms in total. The molecule has 1 aromatic rings. The molecule has 116 valence electrons. The second-order valence-electron chi connectivity index (χ2n) is 5.42. The topological polar surface area (TPSA) is 59.3 Å². The van der Waals surface area contributed by atoms with E-state index in [0.717, 1.165) is 31.7 Å². The average molecular weight is 330 g/mol. The summed E-state index contributed by atoms with van der Waals surface area (Å²) in [4.78, 5) is 2.45. The van der Waals surface area contributed by atoms with E-state index in [1.165, 1.54) is 12.8 Å². The van der Waals surface area contributed by atoms with Gasteiger partial charge in [0.1, 0.15) is 11.8 Å². The van der Waals surface area contributed by atoms with Crippen LogP contribution in [0.25, 0.3) is 0 Å². The summed E-state index contributed by atoms with van der Waals surface area (Å²) in [6, 6.07) is 7.88. The molecule has 0 spiro atoms. The van der Waals surface area contributed by atoms with E-state index in [9.17, 15) is 5.11 Å². The minimum atomic E-state index is 0. The third kappa shape index (κ3) is 3.81. The maximum absolute atomic E-state index is 10.3. The second-order valence-corrected chi connectivity index (χ2v) is 5.42. The first-order valence-corrected chi connectivity index (χ1v) is 6.98. The minimum Gasteiger partial charge on any atom is -0.506 e. The Morgan fingerprint density at radius 1 is 1.24 bits per heavy atom. The largest absolute Gasteiger partial charge is 0.506 e. The Morgan fingerprint density at radius 2 is 1.90 bits per heavy atom. The molecule has 1 aromatic carbocycles. The van der Waals surface area contributed by atoms with Crippen molar-refractivity contribution in [3.05, 3.63) is 29.3 Å². The summed E-state index contributed by atoms with van der Waals surface area (Å²) in [5.41, 5.74) is 1.32. The highest BCUT2D eigenvalue weighted by atomic mass is 35.5. The molecule has 1 atom stereocenters. The predicted molar refractivity (Wildman–Crippen MR) is 87.2 cm³/mol. The Kier molecular flexibility index (Phi) is 6.76. The normalized spacial score (nSPS) is 19.8. The number of piperazine rings is 1. The summed E-state index contributed by atoms with van der Waals surface area (Å²) in [7, 11) is 0. The number of hydrogen-bond acceptors (Lipinski definition) is 4. The molecule has 6 heteroatoms. The van der Waals surface area contributed by atoms with Gasteiger partial charge in [-0.3, -0.25) is 4.90 Å². The monoisotopic (exact) mass is 329 g/mol. The third-order valence-electron chi connectivity index (χ3n) is 4.12. The number of para-hydroxylation sites is 1. The summed E-state index contributed by atoms with van der Waals surface area (Å²) in [6.07, 6.45) is 2.45. The molecule has 0 radical (unpaired) electrons. The lowest BCUT2D eigenvalue weighted by Gasteiger charge is -2.35. The van der Waals surface area contributed by atoms with Gasteiger partial charge in [0.25, 0.3) is 0 Å². The summed E-state index contributed by atoms with van der Waals surface area (Å²) >= 11 is 0. The number of phenolic OH excluding ortho intramolecular Hbond substituents is 1. The molecule has 0 unspecified atom stereocenters. The molecule has 1 saturated heterocycles. The highest BCUT2D eigenvalue weighted by Crippen LogP contribution is 2.47. The molecule has 1 aliphatic heterocycles. The Hall–Kier alpha value is -0.990. The molecule has 1 aliphatic carbocycles. The molecule has 3 rings (SSSR count). The maximum Gasteiger partial charge on any atom is 0.138 e. The lowest BCUT2D eigenvalue weighted by atomic mass is 9.96. The van der Waals surface area contributed by atoms with E-state index in [1.54, 1.807) is 6.07 Å². The number of nitrogens with one attached hydrogen (secondary N) is 1. The van der Waals surface area contributed by atoms with Gasteiger partial charge in [-0.05, 0) is 24.8 Å². The lowest BCUT2D eigenvalue weighted by molar-refractivity contribution is 0.153. The van der Waals surface area contributed by atoms with Crippen LogP contribution in [0.2, 0.25) is 0 Å². The highest BCUT2D eigenvalue weighted by Gasteiger charge is 2.38.